The summed E-state index contributed by atoms with van der Waals surface area (Å²) >= 11 is 0. The molecule has 1 aromatic rings. The summed E-state index contributed by atoms with van der Waals surface area (Å²) in [4.78, 5) is 36.4. The number of carboxylic acids is 1. The molecule has 0 spiro atoms. The normalized spacial score (nSPS) is 15.7. The van der Waals surface area contributed by atoms with Crippen LogP contribution in [0.15, 0.2) is 24.3 Å². The quantitative estimate of drug-likeness (QED) is 0.831. The van der Waals surface area contributed by atoms with Crippen LogP contribution >= 0.6 is 0 Å². The Morgan fingerprint density at radius 3 is 2.50 bits per heavy atom. The number of hydrogen-bond donors (Lipinski definition) is 2. The van der Waals surface area contributed by atoms with Gasteiger partial charge in [0.05, 0.1) is 5.56 Å². The van der Waals surface area contributed by atoms with Crippen LogP contribution in [0.5, 0.6) is 0 Å². The number of rotatable bonds is 6. The number of carbonyl (C=O) groups excluding carboxylic acids is 2. The van der Waals surface area contributed by atoms with Crippen molar-refractivity contribution in [1.82, 2.24) is 10.2 Å². The fourth-order valence-electron chi connectivity index (χ4n) is 2.62. The van der Waals surface area contributed by atoms with E-state index in [1.807, 2.05) is 6.92 Å². The summed E-state index contributed by atoms with van der Waals surface area (Å²) < 4.78 is 0. The maximum absolute atomic E-state index is 12.3. The molecule has 2 rings (SSSR count). The zero-order chi connectivity index (χ0) is 16.1. The Kier molecular flexibility index (Phi) is 5.14. The van der Waals surface area contributed by atoms with Crippen LogP contribution in [0.2, 0.25) is 0 Å². The van der Waals surface area contributed by atoms with E-state index in [4.69, 9.17) is 5.11 Å². The Morgan fingerprint density at radius 2 is 2.00 bits per heavy atom. The van der Waals surface area contributed by atoms with Crippen molar-refractivity contribution in [3.63, 3.8) is 0 Å². The van der Waals surface area contributed by atoms with Gasteiger partial charge in [-0.25, -0.2) is 4.79 Å². The zero-order valence-electron chi connectivity index (χ0n) is 12.5. The molecular weight excluding hydrogens is 284 g/mol. The van der Waals surface area contributed by atoms with Gasteiger partial charge >= 0.3 is 5.97 Å². The van der Waals surface area contributed by atoms with Crippen LogP contribution in [0.3, 0.4) is 0 Å². The number of benzene rings is 1. The SMILES string of the molecule is CCC(C(=O)NCc1ccc(C(=O)O)cc1)N1CCCC1=O. The maximum Gasteiger partial charge on any atom is 0.335 e. The average molecular weight is 304 g/mol. The Balaban J connectivity index is 1.93. The van der Waals surface area contributed by atoms with Crippen LogP contribution in [0, 0.1) is 0 Å². The lowest BCUT2D eigenvalue weighted by atomic mass is 10.1. The molecular formula is C16H20N2O4. The van der Waals surface area contributed by atoms with Gasteiger partial charge in [-0.1, -0.05) is 19.1 Å². The van der Waals surface area contributed by atoms with Gasteiger partial charge < -0.3 is 15.3 Å². The maximum atomic E-state index is 12.3. The van der Waals surface area contributed by atoms with E-state index in [9.17, 15) is 14.4 Å². The van der Waals surface area contributed by atoms with E-state index in [-0.39, 0.29) is 17.4 Å². The first-order valence-electron chi connectivity index (χ1n) is 7.42. The highest BCUT2D eigenvalue weighted by atomic mass is 16.4. The molecule has 0 aliphatic carbocycles. The second kappa shape index (κ2) is 7.06. The molecule has 0 aromatic heterocycles. The van der Waals surface area contributed by atoms with Gasteiger partial charge in [0.2, 0.25) is 11.8 Å². The standard InChI is InChI=1S/C16H20N2O4/c1-2-13(18-9-3-4-14(18)19)15(20)17-10-11-5-7-12(8-6-11)16(21)22/h5-8,13H,2-4,9-10H2,1H3,(H,17,20)(H,21,22). The second-order valence-corrected chi connectivity index (χ2v) is 5.33. The third-order valence-electron chi connectivity index (χ3n) is 3.84. The van der Waals surface area contributed by atoms with Crippen molar-refractivity contribution in [3.05, 3.63) is 35.4 Å². The predicted octanol–water partition coefficient (Wildman–Crippen LogP) is 1.40. The van der Waals surface area contributed by atoms with Gasteiger partial charge in [-0.3, -0.25) is 9.59 Å². The number of nitrogens with zero attached hydrogens (tertiary/aromatic N) is 1. The van der Waals surface area contributed by atoms with Crippen molar-refractivity contribution >= 4 is 17.8 Å². The van der Waals surface area contributed by atoms with Gasteiger partial charge in [0.15, 0.2) is 0 Å². The molecule has 1 fully saturated rings. The topological polar surface area (TPSA) is 86.7 Å². The number of likely N-dealkylation sites (tertiary alicyclic amines) is 1. The number of nitrogens with one attached hydrogen (secondary N) is 1. The first-order chi connectivity index (χ1) is 10.5. The predicted molar refractivity (Wildman–Crippen MR) is 80.3 cm³/mol. The fourth-order valence-corrected chi connectivity index (χ4v) is 2.62. The van der Waals surface area contributed by atoms with Crippen molar-refractivity contribution in [3.8, 4) is 0 Å². The van der Waals surface area contributed by atoms with Crippen LogP contribution in [0.4, 0.5) is 0 Å². The molecule has 118 valence electrons. The highest BCUT2D eigenvalue weighted by Crippen LogP contribution is 2.16. The van der Waals surface area contributed by atoms with Gasteiger partial charge in [-0.2, -0.15) is 0 Å². The molecule has 1 aliphatic rings. The summed E-state index contributed by atoms with van der Waals surface area (Å²) in [6.45, 7) is 2.84. The number of hydrogen-bond acceptors (Lipinski definition) is 3. The molecule has 6 nitrogen and oxygen atoms in total. The van der Waals surface area contributed by atoms with E-state index >= 15 is 0 Å². The lowest BCUT2D eigenvalue weighted by Gasteiger charge is -2.25. The Morgan fingerprint density at radius 1 is 1.32 bits per heavy atom. The molecule has 0 radical (unpaired) electrons. The summed E-state index contributed by atoms with van der Waals surface area (Å²) in [5.41, 5.74) is 1.03. The smallest absolute Gasteiger partial charge is 0.335 e. The Hall–Kier alpha value is -2.37. The molecule has 1 atom stereocenters. The highest BCUT2D eigenvalue weighted by molar-refractivity contribution is 5.89. The lowest BCUT2D eigenvalue weighted by Crippen LogP contribution is -2.46. The van der Waals surface area contributed by atoms with Gasteiger partial charge in [-0.05, 0) is 30.5 Å². The van der Waals surface area contributed by atoms with Gasteiger partial charge in [-0.15, -0.1) is 0 Å². The van der Waals surface area contributed by atoms with Gasteiger partial charge in [0, 0.05) is 19.5 Å². The van der Waals surface area contributed by atoms with Crippen LogP contribution in [-0.4, -0.2) is 40.4 Å². The summed E-state index contributed by atoms with van der Waals surface area (Å²) in [6.07, 6.45) is 1.90. The minimum absolute atomic E-state index is 0.0350. The number of carboxylic acid groups (broad SMARTS) is 1. The van der Waals surface area contributed by atoms with Crippen molar-refractivity contribution in [2.24, 2.45) is 0 Å². The molecule has 1 aromatic carbocycles. The van der Waals surface area contributed by atoms with Crippen LogP contribution < -0.4 is 5.32 Å². The molecule has 2 amide bonds. The molecule has 22 heavy (non-hydrogen) atoms. The van der Waals surface area contributed by atoms with E-state index in [0.29, 0.717) is 25.9 Å². The minimum atomic E-state index is -0.978. The second-order valence-electron chi connectivity index (χ2n) is 5.33. The van der Waals surface area contributed by atoms with E-state index < -0.39 is 12.0 Å². The first-order valence-corrected chi connectivity index (χ1v) is 7.42. The molecule has 1 heterocycles. The summed E-state index contributed by atoms with van der Waals surface area (Å²) in [5, 5.41) is 11.7. The van der Waals surface area contributed by atoms with Crippen molar-refractivity contribution in [1.29, 1.82) is 0 Å². The molecule has 1 saturated heterocycles. The van der Waals surface area contributed by atoms with Crippen LogP contribution in [0.1, 0.15) is 42.1 Å². The fraction of sp³-hybridized carbons (Fsp3) is 0.438. The molecule has 0 saturated carbocycles. The van der Waals surface area contributed by atoms with Crippen molar-refractivity contribution in [2.75, 3.05) is 6.54 Å². The molecule has 2 N–H and O–H groups in total. The lowest BCUT2D eigenvalue weighted by molar-refractivity contribution is -0.137. The highest BCUT2D eigenvalue weighted by Gasteiger charge is 2.31. The molecule has 6 heteroatoms. The monoisotopic (exact) mass is 304 g/mol. The van der Waals surface area contributed by atoms with E-state index in [0.717, 1.165) is 12.0 Å². The van der Waals surface area contributed by atoms with Gasteiger partial charge in [0.25, 0.3) is 0 Å². The number of aromatic carboxylic acids is 1. The Bertz CT molecular complexity index is 568. The number of carbonyl (C=O) groups is 3. The summed E-state index contributed by atoms with van der Waals surface area (Å²) in [5.74, 6) is -1.11. The van der Waals surface area contributed by atoms with Crippen molar-refractivity contribution < 1.29 is 19.5 Å². The molecule has 0 bridgehead atoms. The molecule has 1 aliphatic heterocycles. The van der Waals surface area contributed by atoms with Crippen molar-refractivity contribution in [2.45, 2.75) is 38.8 Å². The minimum Gasteiger partial charge on any atom is -0.478 e. The van der Waals surface area contributed by atoms with E-state index in [2.05, 4.69) is 5.32 Å². The van der Waals surface area contributed by atoms with Crippen LogP contribution in [-0.2, 0) is 16.1 Å². The number of amides is 2. The summed E-state index contributed by atoms with van der Waals surface area (Å²) in [6, 6.07) is 5.93. The van der Waals surface area contributed by atoms with Gasteiger partial charge in [0.1, 0.15) is 6.04 Å². The molecule has 1 unspecified atom stereocenters. The third kappa shape index (κ3) is 3.63. The average Bonchev–Trinajstić information content (AvgIpc) is 2.92. The summed E-state index contributed by atoms with van der Waals surface area (Å²) in [7, 11) is 0. The largest absolute Gasteiger partial charge is 0.478 e. The van der Waals surface area contributed by atoms with E-state index in [1.165, 1.54) is 12.1 Å². The zero-order valence-corrected chi connectivity index (χ0v) is 12.5. The first kappa shape index (κ1) is 16.0. The third-order valence-corrected chi connectivity index (χ3v) is 3.84. The van der Waals surface area contributed by atoms with Crippen LogP contribution in [0.25, 0.3) is 0 Å². The van der Waals surface area contributed by atoms with E-state index in [1.54, 1.807) is 17.0 Å². The Labute approximate surface area is 129 Å².